The van der Waals surface area contributed by atoms with E-state index >= 15 is 0 Å². The number of carbonyl (C=O) groups is 1. The van der Waals surface area contributed by atoms with Gasteiger partial charge >= 0.3 is 0 Å². The first kappa shape index (κ1) is 15.7. The molecule has 5 heteroatoms. The number of anilines is 1. The fraction of sp³-hybridized carbons (Fsp3) is 0.429. The van der Waals surface area contributed by atoms with Crippen LogP contribution in [-0.2, 0) is 4.79 Å². The molecule has 0 spiro atoms. The Hall–Kier alpha value is -1.38. The van der Waals surface area contributed by atoms with Crippen molar-refractivity contribution in [2.75, 3.05) is 18.4 Å². The zero-order valence-electron chi connectivity index (χ0n) is 11.2. The summed E-state index contributed by atoms with van der Waals surface area (Å²) in [6.07, 6.45) is 0.433. The Kier molecular flexibility index (Phi) is 6.54. The predicted molar refractivity (Wildman–Crippen MR) is 79.7 cm³/mol. The number of hydrogen-bond donors (Lipinski definition) is 1. The van der Waals surface area contributed by atoms with Crippen LogP contribution < -0.4 is 5.32 Å². The summed E-state index contributed by atoms with van der Waals surface area (Å²) in [5, 5.41) is 11.5. The number of hydrogen-bond acceptors (Lipinski definition) is 3. The highest BCUT2D eigenvalue weighted by molar-refractivity contribution is 9.10. The number of halogens is 1. The van der Waals surface area contributed by atoms with Gasteiger partial charge in [-0.05, 0) is 32.0 Å². The number of amides is 1. The first-order chi connectivity index (χ1) is 9.02. The summed E-state index contributed by atoms with van der Waals surface area (Å²) in [5.74, 6) is -0.0651. The lowest BCUT2D eigenvalue weighted by Crippen LogP contribution is -2.38. The van der Waals surface area contributed by atoms with Crippen LogP contribution >= 0.6 is 15.9 Å². The third-order valence-corrected chi connectivity index (χ3v) is 3.19. The van der Waals surface area contributed by atoms with Gasteiger partial charge in [0.2, 0.25) is 5.91 Å². The largest absolute Gasteiger partial charge is 0.325 e. The minimum absolute atomic E-state index is 0.0651. The van der Waals surface area contributed by atoms with E-state index in [1.165, 1.54) is 0 Å². The Morgan fingerprint density at radius 2 is 2.26 bits per heavy atom. The maximum absolute atomic E-state index is 12.0. The quantitative estimate of drug-likeness (QED) is 0.875. The average molecular weight is 324 g/mol. The number of nitriles is 1. The lowest BCUT2D eigenvalue weighted by molar-refractivity contribution is -0.117. The molecule has 0 atom stereocenters. The zero-order valence-corrected chi connectivity index (χ0v) is 12.8. The maximum atomic E-state index is 12.0. The van der Waals surface area contributed by atoms with Crippen molar-refractivity contribution in [3.05, 3.63) is 28.7 Å². The Bertz CT molecular complexity index is 468. The van der Waals surface area contributed by atoms with E-state index in [0.717, 1.165) is 10.2 Å². The van der Waals surface area contributed by atoms with E-state index in [1.54, 1.807) is 0 Å². The molecule has 0 unspecified atom stereocenters. The van der Waals surface area contributed by atoms with E-state index < -0.39 is 0 Å². The van der Waals surface area contributed by atoms with Gasteiger partial charge in [0.25, 0.3) is 0 Å². The van der Waals surface area contributed by atoms with Crippen molar-refractivity contribution >= 4 is 27.5 Å². The predicted octanol–water partition coefficient (Wildman–Crippen LogP) is 3.01. The minimum atomic E-state index is -0.0651. The number of nitrogens with one attached hydrogen (secondary N) is 1. The van der Waals surface area contributed by atoms with Gasteiger partial charge in [0.1, 0.15) is 0 Å². The first-order valence-corrected chi connectivity index (χ1v) is 6.98. The molecule has 0 aromatic heterocycles. The van der Waals surface area contributed by atoms with Gasteiger partial charge in [0, 0.05) is 29.2 Å². The molecular formula is C14H18BrN3O. The lowest BCUT2D eigenvalue weighted by Gasteiger charge is -2.24. The van der Waals surface area contributed by atoms with Crippen molar-refractivity contribution in [2.45, 2.75) is 26.3 Å². The second kappa shape index (κ2) is 7.93. The number of rotatable bonds is 6. The Balaban J connectivity index is 2.55. The monoisotopic (exact) mass is 323 g/mol. The van der Waals surface area contributed by atoms with Crippen molar-refractivity contribution in [2.24, 2.45) is 0 Å². The van der Waals surface area contributed by atoms with E-state index in [-0.39, 0.29) is 11.9 Å². The van der Waals surface area contributed by atoms with Crippen LogP contribution in [0.4, 0.5) is 5.69 Å². The number of benzene rings is 1. The van der Waals surface area contributed by atoms with Gasteiger partial charge in [-0.15, -0.1) is 0 Å². The summed E-state index contributed by atoms with van der Waals surface area (Å²) in [7, 11) is 0. The standard InChI is InChI=1S/C14H18BrN3O/c1-11(2)18(8-4-7-16)10-14(19)17-13-6-3-5-12(15)9-13/h3,5-6,9,11H,4,8,10H2,1-2H3,(H,17,19). The van der Waals surface area contributed by atoms with Gasteiger partial charge < -0.3 is 5.32 Å². The maximum Gasteiger partial charge on any atom is 0.238 e. The molecule has 102 valence electrons. The van der Waals surface area contributed by atoms with Gasteiger partial charge in [-0.2, -0.15) is 5.26 Å². The second-order valence-corrected chi connectivity index (χ2v) is 5.45. The summed E-state index contributed by atoms with van der Waals surface area (Å²) in [6.45, 7) is 4.94. The molecule has 0 bridgehead atoms. The average Bonchev–Trinajstić information content (AvgIpc) is 2.34. The smallest absolute Gasteiger partial charge is 0.238 e. The molecule has 1 amide bonds. The fourth-order valence-corrected chi connectivity index (χ4v) is 2.06. The van der Waals surface area contributed by atoms with Crippen LogP contribution in [0.1, 0.15) is 20.3 Å². The van der Waals surface area contributed by atoms with Crippen LogP contribution in [0.2, 0.25) is 0 Å². The van der Waals surface area contributed by atoms with E-state index in [2.05, 4.69) is 27.3 Å². The van der Waals surface area contributed by atoms with Crippen LogP contribution in [-0.4, -0.2) is 29.9 Å². The van der Waals surface area contributed by atoms with Gasteiger partial charge in [0.15, 0.2) is 0 Å². The molecule has 0 saturated carbocycles. The highest BCUT2D eigenvalue weighted by Gasteiger charge is 2.13. The van der Waals surface area contributed by atoms with Crippen molar-refractivity contribution in [3.63, 3.8) is 0 Å². The molecule has 0 aliphatic rings. The molecule has 0 saturated heterocycles. The highest BCUT2D eigenvalue weighted by Crippen LogP contribution is 2.15. The van der Waals surface area contributed by atoms with Crippen LogP contribution in [0.3, 0.4) is 0 Å². The van der Waals surface area contributed by atoms with Crippen LogP contribution in [0.25, 0.3) is 0 Å². The van der Waals surface area contributed by atoms with Gasteiger partial charge in [0.05, 0.1) is 12.6 Å². The topological polar surface area (TPSA) is 56.1 Å². The zero-order chi connectivity index (χ0) is 14.3. The molecule has 1 rings (SSSR count). The summed E-state index contributed by atoms with van der Waals surface area (Å²) < 4.78 is 0.926. The minimum Gasteiger partial charge on any atom is -0.325 e. The van der Waals surface area contributed by atoms with Gasteiger partial charge in [-0.1, -0.05) is 22.0 Å². The SMILES string of the molecule is CC(C)N(CCC#N)CC(=O)Nc1cccc(Br)c1. The molecule has 0 aliphatic carbocycles. The molecule has 1 aromatic rings. The van der Waals surface area contributed by atoms with Crippen LogP contribution in [0.15, 0.2) is 28.7 Å². The van der Waals surface area contributed by atoms with Crippen LogP contribution in [0.5, 0.6) is 0 Å². The molecule has 0 heterocycles. The molecule has 1 N–H and O–H groups in total. The Labute approximate surface area is 122 Å². The Morgan fingerprint density at radius 3 is 2.84 bits per heavy atom. The van der Waals surface area contributed by atoms with E-state index in [0.29, 0.717) is 19.5 Å². The van der Waals surface area contributed by atoms with Gasteiger partial charge in [-0.3, -0.25) is 9.69 Å². The molecule has 4 nitrogen and oxygen atoms in total. The van der Waals surface area contributed by atoms with Gasteiger partial charge in [-0.25, -0.2) is 0 Å². The molecule has 0 fully saturated rings. The van der Waals surface area contributed by atoms with Crippen LogP contribution in [0, 0.1) is 11.3 Å². The molecule has 0 aliphatic heterocycles. The fourth-order valence-electron chi connectivity index (χ4n) is 1.66. The second-order valence-electron chi connectivity index (χ2n) is 4.53. The summed E-state index contributed by atoms with van der Waals surface area (Å²) >= 11 is 3.36. The van der Waals surface area contributed by atoms with Crippen molar-refractivity contribution in [1.29, 1.82) is 5.26 Å². The van der Waals surface area contributed by atoms with Crippen molar-refractivity contribution in [1.82, 2.24) is 4.90 Å². The first-order valence-electron chi connectivity index (χ1n) is 6.19. The lowest BCUT2D eigenvalue weighted by atomic mass is 10.2. The van der Waals surface area contributed by atoms with Crippen molar-refractivity contribution in [3.8, 4) is 6.07 Å². The van der Waals surface area contributed by atoms with Crippen molar-refractivity contribution < 1.29 is 4.79 Å². The summed E-state index contributed by atoms with van der Waals surface area (Å²) in [4.78, 5) is 13.9. The van der Waals surface area contributed by atoms with E-state index in [1.807, 2.05) is 43.0 Å². The highest BCUT2D eigenvalue weighted by atomic mass is 79.9. The number of carbonyl (C=O) groups excluding carboxylic acids is 1. The molecule has 0 radical (unpaired) electrons. The summed E-state index contributed by atoms with van der Waals surface area (Å²) in [5.41, 5.74) is 0.767. The normalized spacial score (nSPS) is 10.5. The third-order valence-electron chi connectivity index (χ3n) is 2.70. The third kappa shape index (κ3) is 5.86. The molecule has 19 heavy (non-hydrogen) atoms. The summed E-state index contributed by atoms with van der Waals surface area (Å²) in [6, 6.07) is 9.82. The molecule has 1 aromatic carbocycles. The Morgan fingerprint density at radius 1 is 1.53 bits per heavy atom. The molecular weight excluding hydrogens is 306 g/mol. The van der Waals surface area contributed by atoms with E-state index in [9.17, 15) is 4.79 Å². The van der Waals surface area contributed by atoms with E-state index in [4.69, 9.17) is 5.26 Å². The number of nitrogens with zero attached hydrogens (tertiary/aromatic N) is 2.